The molecule has 0 bridgehead atoms. The molecule has 10 nitrogen and oxygen atoms in total. The van der Waals surface area contributed by atoms with Gasteiger partial charge in [-0.15, -0.1) is 0 Å². The van der Waals surface area contributed by atoms with Crippen molar-refractivity contribution in [1.82, 2.24) is 20.2 Å². The summed E-state index contributed by atoms with van der Waals surface area (Å²) >= 11 is 0. The van der Waals surface area contributed by atoms with E-state index in [1.165, 1.54) is 12.1 Å². The fourth-order valence-corrected chi connectivity index (χ4v) is 4.53. The molecular weight excluding hydrogens is 543 g/mol. The molecule has 3 N–H and O–H groups in total. The van der Waals surface area contributed by atoms with Gasteiger partial charge in [-0.1, -0.05) is 0 Å². The second-order valence-electron chi connectivity index (χ2n) is 11.2. The normalized spacial score (nSPS) is 16.0. The van der Waals surface area contributed by atoms with Gasteiger partial charge in [-0.2, -0.15) is 13.2 Å². The number of carbonyl (C=O) groups is 2. The molecule has 1 aromatic carbocycles. The Hall–Kier alpha value is -3.87. The third-order valence-electron chi connectivity index (χ3n) is 6.30. The number of amides is 2. The molecule has 0 saturated carbocycles. The number of ether oxygens (including phenoxy) is 2. The van der Waals surface area contributed by atoms with E-state index < -0.39 is 23.6 Å². The summed E-state index contributed by atoms with van der Waals surface area (Å²) in [5.41, 5.74) is 4.55. The van der Waals surface area contributed by atoms with Crippen LogP contribution in [0.5, 0.6) is 5.75 Å². The van der Waals surface area contributed by atoms with E-state index in [9.17, 15) is 22.8 Å². The van der Waals surface area contributed by atoms with E-state index in [1.807, 2.05) is 0 Å². The van der Waals surface area contributed by atoms with Crippen molar-refractivity contribution >= 4 is 22.9 Å². The number of likely N-dealkylation sites (tertiary alicyclic amines) is 1. The summed E-state index contributed by atoms with van der Waals surface area (Å²) in [6.45, 7) is 9.89. The number of rotatable bonds is 7. The predicted octanol–water partition coefficient (Wildman–Crippen LogP) is 5.14. The highest BCUT2D eigenvalue weighted by atomic mass is 19.4. The van der Waals surface area contributed by atoms with E-state index in [0.717, 1.165) is 6.07 Å². The van der Waals surface area contributed by atoms with Crippen LogP contribution in [0.3, 0.4) is 0 Å². The maximum atomic E-state index is 13.4. The van der Waals surface area contributed by atoms with Crippen LogP contribution in [-0.4, -0.2) is 58.2 Å². The van der Waals surface area contributed by atoms with Gasteiger partial charge in [-0.3, -0.25) is 4.79 Å². The van der Waals surface area contributed by atoms with Crippen LogP contribution in [0.25, 0.3) is 22.4 Å². The molecule has 1 atom stereocenters. The number of hydrogen-bond donors (Lipinski definition) is 2. The van der Waals surface area contributed by atoms with Gasteiger partial charge in [-0.25, -0.2) is 14.8 Å². The number of nitrogens with two attached hydrogens (primary N) is 1. The van der Waals surface area contributed by atoms with Crippen molar-refractivity contribution in [3.63, 3.8) is 0 Å². The van der Waals surface area contributed by atoms with Crippen LogP contribution < -0.4 is 15.8 Å². The van der Waals surface area contributed by atoms with Crippen LogP contribution >= 0.6 is 0 Å². The molecule has 13 heteroatoms. The van der Waals surface area contributed by atoms with Crippen molar-refractivity contribution in [2.24, 2.45) is 11.7 Å². The molecule has 1 saturated heterocycles. The van der Waals surface area contributed by atoms with Gasteiger partial charge in [0, 0.05) is 30.6 Å². The first-order valence-corrected chi connectivity index (χ1v) is 13.3. The number of fused-ring (bicyclic) bond motifs is 1. The van der Waals surface area contributed by atoms with E-state index in [0.29, 0.717) is 37.0 Å². The summed E-state index contributed by atoms with van der Waals surface area (Å²) in [5, 5.41) is 3.05. The van der Waals surface area contributed by atoms with Gasteiger partial charge in [0.2, 0.25) is 5.89 Å². The maximum absolute atomic E-state index is 13.4. The Morgan fingerprint density at radius 3 is 2.54 bits per heavy atom. The largest absolute Gasteiger partial charge is 0.489 e. The molecule has 2 amide bonds. The minimum Gasteiger partial charge on any atom is -0.489 e. The van der Waals surface area contributed by atoms with Crippen LogP contribution in [0.15, 0.2) is 28.7 Å². The molecule has 3 aromatic rings. The van der Waals surface area contributed by atoms with E-state index in [4.69, 9.17) is 19.6 Å². The Morgan fingerprint density at radius 1 is 1.17 bits per heavy atom. The molecule has 4 rings (SSSR count). The Morgan fingerprint density at radius 2 is 1.90 bits per heavy atom. The van der Waals surface area contributed by atoms with Gasteiger partial charge >= 0.3 is 12.3 Å². The van der Waals surface area contributed by atoms with Crippen LogP contribution in [0.2, 0.25) is 0 Å². The summed E-state index contributed by atoms with van der Waals surface area (Å²) < 4.78 is 57.1. The fourth-order valence-electron chi connectivity index (χ4n) is 4.53. The first-order valence-electron chi connectivity index (χ1n) is 13.3. The molecule has 0 spiro atoms. The van der Waals surface area contributed by atoms with Crippen LogP contribution in [0, 0.1) is 5.92 Å². The Labute approximate surface area is 235 Å². The lowest BCUT2D eigenvalue weighted by Gasteiger charge is -2.20. The van der Waals surface area contributed by atoms with Crippen molar-refractivity contribution in [1.29, 1.82) is 0 Å². The number of benzene rings is 1. The Bertz CT molecular complexity index is 1430. The standard InChI is InChI=1S/C28H34F3N5O5/c1-15(2)39-19-8-6-18(17-7-9-21(28(29,30)31)34-22(17)19)24-35-23(20(12-32)40-24)25(37)36-11-10-16(14-36)13-33-26(38)41-27(3,4)5/h6-9,15-16H,10-14,32H2,1-5H3,(H,33,38). The van der Waals surface area contributed by atoms with Crippen LogP contribution in [-0.2, 0) is 17.5 Å². The minimum atomic E-state index is -4.65. The van der Waals surface area contributed by atoms with E-state index in [-0.39, 0.29) is 53.1 Å². The van der Waals surface area contributed by atoms with Gasteiger partial charge < -0.3 is 29.8 Å². The van der Waals surface area contributed by atoms with Gasteiger partial charge in [0.25, 0.3) is 5.91 Å². The van der Waals surface area contributed by atoms with E-state index in [1.54, 1.807) is 45.6 Å². The van der Waals surface area contributed by atoms with Crippen molar-refractivity contribution in [2.75, 3.05) is 19.6 Å². The smallest absolute Gasteiger partial charge is 0.433 e. The van der Waals surface area contributed by atoms with Crippen LogP contribution in [0.4, 0.5) is 18.0 Å². The molecule has 1 aliphatic rings. The second-order valence-corrected chi connectivity index (χ2v) is 11.2. The number of aromatic nitrogens is 2. The third-order valence-corrected chi connectivity index (χ3v) is 6.30. The van der Waals surface area contributed by atoms with Gasteiger partial charge in [0.05, 0.1) is 12.6 Å². The lowest BCUT2D eigenvalue weighted by atomic mass is 10.1. The van der Waals surface area contributed by atoms with Crippen molar-refractivity contribution in [3.8, 4) is 17.2 Å². The number of carbonyl (C=O) groups excluding carboxylic acids is 2. The third kappa shape index (κ3) is 7.07. The van der Waals surface area contributed by atoms with E-state index >= 15 is 0 Å². The Balaban J connectivity index is 1.59. The predicted molar refractivity (Wildman–Crippen MR) is 144 cm³/mol. The molecular formula is C28H34F3N5O5. The summed E-state index contributed by atoms with van der Waals surface area (Å²) in [6, 6.07) is 5.26. The van der Waals surface area contributed by atoms with Crippen molar-refractivity contribution in [3.05, 3.63) is 41.4 Å². The Kier molecular flexibility index (Phi) is 8.48. The molecule has 0 aliphatic carbocycles. The average molecular weight is 578 g/mol. The SMILES string of the molecule is CC(C)Oc1ccc(-c2nc(C(=O)N3CCC(CNC(=O)OC(C)(C)C)C3)c(CN)o2)c2ccc(C(F)(F)F)nc12. The monoisotopic (exact) mass is 577 g/mol. The molecule has 1 unspecified atom stereocenters. The summed E-state index contributed by atoms with van der Waals surface area (Å²) in [4.78, 5) is 35.3. The highest BCUT2D eigenvalue weighted by Gasteiger charge is 2.34. The lowest BCUT2D eigenvalue weighted by molar-refractivity contribution is -0.140. The number of alkyl halides is 3. The fraction of sp³-hybridized carbons (Fsp3) is 0.500. The first-order chi connectivity index (χ1) is 19.2. The quantitative estimate of drug-likeness (QED) is 0.394. The first kappa shape index (κ1) is 30.1. The lowest BCUT2D eigenvalue weighted by Crippen LogP contribution is -2.36. The maximum Gasteiger partial charge on any atom is 0.433 e. The van der Waals surface area contributed by atoms with Gasteiger partial charge in [-0.05, 0) is 71.2 Å². The zero-order valence-corrected chi connectivity index (χ0v) is 23.6. The number of halogens is 3. The van der Waals surface area contributed by atoms with Gasteiger partial charge in [0.1, 0.15) is 22.6 Å². The van der Waals surface area contributed by atoms with Gasteiger partial charge in [0.15, 0.2) is 11.5 Å². The van der Waals surface area contributed by atoms with Crippen LogP contribution in [0.1, 0.15) is 63.0 Å². The number of pyridine rings is 1. The molecule has 222 valence electrons. The summed E-state index contributed by atoms with van der Waals surface area (Å²) in [5.74, 6) is -0.0169. The summed E-state index contributed by atoms with van der Waals surface area (Å²) in [7, 11) is 0. The number of alkyl carbamates (subject to hydrolysis) is 1. The molecule has 0 radical (unpaired) electrons. The van der Waals surface area contributed by atoms with E-state index in [2.05, 4.69) is 15.3 Å². The number of nitrogens with zero attached hydrogens (tertiary/aromatic N) is 3. The molecule has 3 heterocycles. The molecule has 41 heavy (non-hydrogen) atoms. The highest BCUT2D eigenvalue weighted by molar-refractivity contribution is 5.98. The highest BCUT2D eigenvalue weighted by Crippen LogP contribution is 2.37. The second kappa shape index (κ2) is 11.6. The molecule has 1 fully saturated rings. The summed E-state index contributed by atoms with van der Waals surface area (Å²) in [6.07, 6.45) is -4.81. The topological polar surface area (TPSA) is 133 Å². The average Bonchev–Trinajstić information content (AvgIpc) is 3.52. The number of hydrogen-bond acceptors (Lipinski definition) is 8. The van der Waals surface area contributed by atoms with Crippen molar-refractivity contribution in [2.45, 2.75) is 65.5 Å². The number of nitrogens with one attached hydrogen (secondary N) is 1. The molecule has 2 aromatic heterocycles. The zero-order chi connectivity index (χ0) is 30.1. The number of oxazole rings is 1. The molecule has 1 aliphatic heterocycles. The van der Waals surface area contributed by atoms with Crippen molar-refractivity contribution < 1.29 is 36.7 Å². The minimum absolute atomic E-state index is 0.00808. The zero-order valence-electron chi connectivity index (χ0n) is 23.6.